The van der Waals surface area contributed by atoms with E-state index in [1.165, 1.54) is 78.3 Å². The molecule has 6 unspecified atom stereocenters. The summed E-state index contributed by atoms with van der Waals surface area (Å²) in [5.74, 6) is 3.37. The second-order valence-corrected chi connectivity index (χ2v) is 18.0. The van der Waals surface area contributed by atoms with Gasteiger partial charge in [-0.3, -0.25) is 0 Å². The monoisotopic (exact) mass is 748 g/mol. The Labute approximate surface area is 342 Å². The smallest absolute Gasteiger partial charge is 0.0537 e. The third-order valence-corrected chi connectivity index (χ3v) is 15.3. The van der Waals surface area contributed by atoms with Crippen LogP contribution in [0.4, 0.5) is 5.69 Å². The number of hydrogen-bond acceptors (Lipinski definition) is 1. The maximum absolute atomic E-state index is 2.61. The van der Waals surface area contributed by atoms with Gasteiger partial charge in [-0.25, -0.2) is 0 Å². The molecule has 4 aromatic rings. The summed E-state index contributed by atoms with van der Waals surface area (Å²) < 4.78 is 2.60. The van der Waals surface area contributed by atoms with E-state index in [4.69, 9.17) is 0 Å². The number of aromatic nitrogens is 1. The van der Waals surface area contributed by atoms with E-state index in [1.807, 2.05) is 0 Å². The zero-order valence-electron chi connectivity index (χ0n) is 33.0. The van der Waals surface area contributed by atoms with Gasteiger partial charge >= 0.3 is 0 Å². The molecule has 2 heterocycles. The molecule has 1 saturated carbocycles. The van der Waals surface area contributed by atoms with Gasteiger partial charge in [-0.05, 0) is 145 Å². The highest BCUT2D eigenvalue weighted by atomic mass is 15.2. The summed E-state index contributed by atoms with van der Waals surface area (Å²) in [6, 6.07) is 25.6. The Morgan fingerprint density at radius 3 is 2.59 bits per heavy atom. The van der Waals surface area contributed by atoms with Gasteiger partial charge in [-0.15, -0.1) is 0 Å². The van der Waals surface area contributed by atoms with Crippen LogP contribution in [0.1, 0.15) is 66.5 Å². The minimum absolute atomic E-state index is 0.436. The van der Waals surface area contributed by atoms with Gasteiger partial charge in [-0.2, -0.15) is 0 Å². The van der Waals surface area contributed by atoms with Gasteiger partial charge in [0, 0.05) is 57.0 Å². The lowest BCUT2D eigenvalue weighted by Gasteiger charge is -2.36. The molecule has 0 N–H and O–H groups in total. The van der Waals surface area contributed by atoms with E-state index >= 15 is 0 Å². The Morgan fingerprint density at radius 1 is 0.690 bits per heavy atom. The predicted octanol–water partition coefficient (Wildman–Crippen LogP) is 13.4. The third-order valence-electron chi connectivity index (χ3n) is 15.3. The molecule has 9 aliphatic rings. The highest BCUT2D eigenvalue weighted by Crippen LogP contribution is 2.59. The zero-order chi connectivity index (χ0) is 37.9. The summed E-state index contributed by atoms with van der Waals surface area (Å²) in [5.41, 5.74) is 21.8. The van der Waals surface area contributed by atoms with E-state index in [0.717, 1.165) is 51.4 Å². The van der Waals surface area contributed by atoms with Crippen molar-refractivity contribution in [2.24, 2.45) is 35.5 Å². The molecule has 6 atom stereocenters. The summed E-state index contributed by atoms with van der Waals surface area (Å²) in [7, 11) is 0. The van der Waals surface area contributed by atoms with E-state index < -0.39 is 0 Å². The Kier molecular flexibility index (Phi) is 7.33. The van der Waals surface area contributed by atoms with Crippen molar-refractivity contribution in [3.8, 4) is 5.69 Å². The molecule has 8 aliphatic carbocycles. The van der Waals surface area contributed by atoms with Crippen molar-refractivity contribution < 1.29 is 0 Å². The van der Waals surface area contributed by atoms with Crippen LogP contribution in [0, 0.1) is 35.5 Å². The molecule has 1 fully saturated rings. The number of anilines is 1. The van der Waals surface area contributed by atoms with Crippen molar-refractivity contribution in [3.05, 3.63) is 207 Å². The maximum atomic E-state index is 2.61. The van der Waals surface area contributed by atoms with E-state index in [-0.39, 0.29) is 0 Å². The first kappa shape index (κ1) is 33.1. The summed E-state index contributed by atoms with van der Waals surface area (Å²) in [6.07, 6.45) is 45.3. The molecule has 3 aromatic carbocycles. The number of aryl methyl sites for hydroxylation is 1. The molecular weight excluding hydrogens is 701 g/mol. The maximum Gasteiger partial charge on any atom is 0.0537 e. The number of rotatable bonds is 4. The summed E-state index contributed by atoms with van der Waals surface area (Å²) in [4.78, 5) is 2.61. The molecule has 0 amide bonds. The SMILES string of the molecule is C1=CC2C3=CC=CC4C(c5cccc(-n6c7c(c8ccccc86)C=C(C6=CC=C8C(C6)C6=C(C=CCC6)N8c6cccc8c6C=CCC8)CC7)c5)=CCC(C2C=C1)C34. The molecule has 1 aromatic heterocycles. The molecule has 0 spiro atoms. The minimum atomic E-state index is 0.436. The second kappa shape index (κ2) is 12.8. The van der Waals surface area contributed by atoms with Crippen LogP contribution >= 0.6 is 0 Å². The molecule has 0 saturated heterocycles. The highest BCUT2D eigenvalue weighted by molar-refractivity contribution is 5.94. The standard InChI is InChI=1S/C56H48N2/c1-2-16-41-35(12-1)13-10-25-51(41)58-53-24-8-6-20-45(53)50-34-37(27-31-55(50)58)36-26-30-54-49(33-36)44-19-5-7-23-52(44)57(54)39-15-9-14-38(32-39)40-28-29-48-43-18-4-3-17-42(43)47-22-11-21-46(40)56(47)48/h2-5,7-11,13-19,21-25,27-28,31-33,42-43,46,48,50,56H,1,6,12,20,26,29-30,34H2. The largest absolute Gasteiger partial charge is 0.313 e. The van der Waals surface area contributed by atoms with Crippen molar-refractivity contribution >= 4 is 34.3 Å². The summed E-state index contributed by atoms with van der Waals surface area (Å²) >= 11 is 0. The van der Waals surface area contributed by atoms with Crippen LogP contribution in [0.3, 0.4) is 0 Å². The molecule has 2 heteroatoms. The molecule has 0 radical (unpaired) electrons. The Bertz CT molecular complexity index is 2830. The second-order valence-electron chi connectivity index (χ2n) is 18.0. The van der Waals surface area contributed by atoms with Gasteiger partial charge in [0.25, 0.3) is 0 Å². The van der Waals surface area contributed by atoms with Gasteiger partial charge in [0.2, 0.25) is 0 Å². The molecule has 282 valence electrons. The lowest BCUT2D eigenvalue weighted by Crippen LogP contribution is -2.27. The summed E-state index contributed by atoms with van der Waals surface area (Å²) in [5, 5.41) is 1.36. The lowest BCUT2D eigenvalue weighted by atomic mass is 9.67. The molecule has 2 nitrogen and oxygen atoms in total. The molecule has 0 bridgehead atoms. The average Bonchev–Trinajstić information content (AvgIpc) is 3.92. The van der Waals surface area contributed by atoms with E-state index in [1.54, 1.807) is 11.1 Å². The lowest BCUT2D eigenvalue weighted by molar-refractivity contribution is 0.315. The van der Waals surface area contributed by atoms with Crippen molar-refractivity contribution in [2.45, 2.75) is 51.4 Å². The van der Waals surface area contributed by atoms with Crippen molar-refractivity contribution in [1.29, 1.82) is 0 Å². The number of hydrogen-bond donors (Lipinski definition) is 0. The fourth-order valence-corrected chi connectivity index (χ4v) is 12.8. The van der Waals surface area contributed by atoms with E-state index in [9.17, 15) is 0 Å². The number of nitrogens with zero attached hydrogens (tertiary/aromatic N) is 2. The van der Waals surface area contributed by atoms with Crippen LogP contribution in [0.15, 0.2) is 179 Å². The van der Waals surface area contributed by atoms with Crippen LogP contribution in [0.2, 0.25) is 0 Å². The van der Waals surface area contributed by atoms with Crippen LogP contribution in [0.25, 0.3) is 34.3 Å². The normalized spacial score (nSPS) is 28.2. The molecule has 58 heavy (non-hydrogen) atoms. The van der Waals surface area contributed by atoms with Gasteiger partial charge in [0.05, 0.1) is 11.2 Å². The van der Waals surface area contributed by atoms with Crippen molar-refractivity contribution in [1.82, 2.24) is 4.57 Å². The van der Waals surface area contributed by atoms with E-state index in [0.29, 0.717) is 35.5 Å². The fourth-order valence-electron chi connectivity index (χ4n) is 12.8. The van der Waals surface area contributed by atoms with Crippen molar-refractivity contribution in [2.75, 3.05) is 4.90 Å². The fraction of sp³-hybridized carbons (Fsp3) is 0.250. The van der Waals surface area contributed by atoms with Gasteiger partial charge in [0.15, 0.2) is 0 Å². The van der Waals surface area contributed by atoms with Crippen LogP contribution in [-0.4, -0.2) is 4.57 Å². The first-order chi connectivity index (χ1) is 28.8. The topological polar surface area (TPSA) is 8.17 Å². The first-order valence-electron chi connectivity index (χ1n) is 22.0. The number of para-hydroxylation sites is 1. The van der Waals surface area contributed by atoms with Crippen LogP contribution in [0.5, 0.6) is 0 Å². The quantitative estimate of drug-likeness (QED) is 0.202. The third kappa shape index (κ3) is 4.78. The van der Waals surface area contributed by atoms with Gasteiger partial charge in [0.1, 0.15) is 0 Å². The Hall–Kier alpha value is -5.86. The average molecular weight is 749 g/mol. The number of fused-ring (bicyclic) bond motifs is 9. The Morgan fingerprint density at radius 2 is 1.59 bits per heavy atom. The summed E-state index contributed by atoms with van der Waals surface area (Å²) in [6.45, 7) is 0. The van der Waals surface area contributed by atoms with Crippen LogP contribution in [-0.2, 0) is 12.8 Å². The van der Waals surface area contributed by atoms with Gasteiger partial charge < -0.3 is 9.47 Å². The Balaban J connectivity index is 0.862. The van der Waals surface area contributed by atoms with Crippen molar-refractivity contribution in [3.63, 3.8) is 0 Å². The molecule has 1 aliphatic heterocycles. The first-order valence-corrected chi connectivity index (χ1v) is 22.0. The zero-order valence-corrected chi connectivity index (χ0v) is 33.0. The number of allylic oxidation sites excluding steroid dienone is 18. The highest BCUT2D eigenvalue weighted by Gasteiger charge is 2.50. The molecule has 13 rings (SSSR count). The predicted molar refractivity (Wildman–Crippen MR) is 241 cm³/mol. The van der Waals surface area contributed by atoms with Gasteiger partial charge in [-0.1, -0.05) is 121 Å². The van der Waals surface area contributed by atoms with E-state index in [2.05, 4.69) is 167 Å². The minimum Gasteiger partial charge on any atom is -0.313 e. The van der Waals surface area contributed by atoms with Crippen LogP contribution < -0.4 is 4.90 Å². The number of benzene rings is 3. The molecular formula is C56H48N2.